The van der Waals surface area contributed by atoms with Gasteiger partial charge in [0.2, 0.25) is 0 Å². The molecule has 1 aliphatic heterocycles. The predicted molar refractivity (Wildman–Crippen MR) is 57.6 cm³/mol. The number of hydrogen-bond acceptors (Lipinski definition) is 3. The first-order chi connectivity index (χ1) is 7.09. The molecule has 0 radical (unpaired) electrons. The zero-order valence-corrected chi connectivity index (χ0v) is 9.33. The molecule has 15 heavy (non-hydrogen) atoms. The Labute approximate surface area is 89.6 Å². The summed E-state index contributed by atoms with van der Waals surface area (Å²) in [6, 6.07) is 1.88. The molecule has 1 atom stereocenters. The minimum absolute atomic E-state index is 0.263. The van der Waals surface area contributed by atoms with Gasteiger partial charge in [-0.15, -0.1) is 0 Å². The number of hydrogen-bond donors (Lipinski definition) is 1. The van der Waals surface area contributed by atoms with Crippen LogP contribution in [0.3, 0.4) is 0 Å². The largest absolute Gasteiger partial charge is 0.507 e. The van der Waals surface area contributed by atoms with Crippen LogP contribution in [0.25, 0.3) is 0 Å². The third kappa shape index (κ3) is 2.07. The Morgan fingerprint density at radius 1 is 1.40 bits per heavy atom. The molecule has 1 aromatic rings. The maximum atomic E-state index is 9.72. The number of phenolic OH excluding ortho intramolecular Hbond substituents is 1. The Morgan fingerprint density at radius 3 is 2.67 bits per heavy atom. The Hall–Kier alpha value is -1.22. The van der Waals surface area contributed by atoms with Gasteiger partial charge in [-0.3, -0.25) is 0 Å². The second-order valence-corrected chi connectivity index (χ2v) is 4.06. The number of ether oxygens (including phenoxy) is 2. The van der Waals surface area contributed by atoms with E-state index in [4.69, 9.17) is 9.47 Å². The molecular weight excluding hydrogens is 192 g/mol. The van der Waals surface area contributed by atoms with Gasteiger partial charge < -0.3 is 14.6 Å². The second-order valence-electron chi connectivity index (χ2n) is 4.06. The highest BCUT2D eigenvalue weighted by atomic mass is 16.6. The fourth-order valence-corrected chi connectivity index (χ4v) is 1.53. The van der Waals surface area contributed by atoms with Gasteiger partial charge >= 0.3 is 0 Å². The molecule has 2 rings (SSSR count). The number of aryl methyl sites for hydroxylation is 1. The van der Waals surface area contributed by atoms with Crippen LogP contribution in [0.15, 0.2) is 6.07 Å². The molecule has 1 aliphatic rings. The highest BCUT2D eigenvalue weighted by Gasteiger charge is 2.23. The normalized spacial score (nSPS) is 19.0. The summed E-state index contributed by atoms with van der Waals surface area (Å²) >= 11 is 0. The molecule has 1 N–H and O–H groups in total. The van der Waals surface area contributed by atoms with Gasteiger partial charge in [-0.05, 0) is 43.5 Å². The topological polar surface area (TPSA) is 42.0 Å². The number of aromatic hydroxyl groups is 1. The average Bonchev–Trinajstić information content (AvgIpc) is 3.02. The van der Waals surface area contributed by atoms with E-state index in [-0.39, 0.29) is 6.10 Å². The first kappa shape index (κ1) is 10.3. The lowest BCUT2D eigenvalue weighted by Crippen LogP contribution is -2.06. The lowest BCUT2D eigenvalue weighted by molar-refractivity contribution is 0.261. The van der Waals surface area contributed by atoms with Crippen LogP contribution < -0.4 is 4.74 Å². The van der Waals surface area contributed by atoms with Crippen molar-refractivity contribution < 1.29 is 14.6 Å². The minimum Gasteiger partial charge on any atom is -0.507 e. The molecule has 82 valence electrons. The number of epoxide rings is 1. The first-order valence-corrected chi connectivity index (χ1v) is 5.13. The van der Waals surface area contributed by atoms with Crippen LogP contribution in [-0.2, 0) is 4.74 Å². The summed E-state index contributed by atoms with van der Waals surface area (Å²) in [6.45, 7) is 7.14. The van der Waals surface area contributed by atoms with Crippen molar-refractivity contribution in [3.8, 4) is 11.5 Å². The number of benzene rings is 1. The van der Waals surface area contributed by atoms with Crippen LogP contribution in [0.5, 0.6) is 11.5 Å². The quantitative estimate of drug-likeness (QED) is 0.773. The zero-order chi connectivity index (χ0) is 11.0. The van der Waals surface area contributed by atoms with E-state index in [0.29, 0.717) is 12.4 Å². The summed E-state index contributed by atoms with van der Waals surface area (Å²) in [5, 5.41) is 9.72. The lowest BCUT2D eigenvalue weighted by Gasteiger charge is -2.13. The minimum atomic E-state index is 0.263. The third-order valence-corrected chi connectivity index (χ3v) is 2.84. The Balaban J connectivity index is 2.21. The van der Waals surface area contributed by atoms with Crippen LogP contribution in [0.1, 0.15) is 16.7 Å². The van der Waals surface area contributed by atoms with Crippen molar-refractivity contribution in [2.45, 2.75) is 26.9 Å². The second kappa shape index (κ2) is 3.74. The monoisotopic (exact) mass is 208 g/mol. The van der Waals surface area contributed by atoms with Crippen LogP contribution in [-0.4, -0.2) is 24.4 Å². The summed E-state index contributed by atoms with van der Waals surface area (Å²) in [6.07, 6.45) is 0.263. The highest BCUT2D eigenvalue weighted by molar-refractivity contribution is 5.51. The molecule has 0 saturated carbocycles. The van der Waals surface area contributed by atoms with Gasteiger partial charge in [0.05, 0.1) is 6.61 Å². The zero-order valence-electron chi connectivity index (χ0n) is 9.33. The van der Waals surface area contributed by atoms with Gasteiger partial charge in [-0.1, -0.05) is 0 Å². The molecule has 1 heterocycles. The lowest BCUT2D eigenvalue weighted by atomic mass is 10.0. The first-order valence-electron chi connectivity index (χ1n) is 5.13. The molecule has 3 nitrogen and oxygen atoms in total. The van der Waals surface area contributed by atoms with E-state index in [9.17, 15) is 5.11 Å². The van der Waals surface area contributed by atoms with E-state index in [1.165, 1.54) is 0 Å². The van der Waals surface area contributed by atoms with E-state index < -0.39 is 0 Å². The average molecular weight is 208 g/mol. The summed E-state index contributed by atoms with van der Waals surface area (Å²) in [7, 11) is 0. The Bertz CT molecular complexity index is 381. The Morgan fingerprint density at radius 2 is 2.07 bits per heavy atom. The van der Waals surface area contributed by atoms with Crippen LogP contribution in [0, 0.1) is 20.8 Å². The van der Waals surface area contributed by atoms with E-state index in [2.05, 4.69) is 0 Å². The van der Waals surface area contributed by atoms with Crippen molar-refractivity contribution >= 4 is 0 Å². The molecule has 0 amide bonds. The van der Waals surface area contributed by atoms with Gasteiger partial charge in [0.15, 0.2) is 0 Å². The van der Waals surface area contributed by atoms with Crippen molar-refractivity contribution in [1.29, 1.82) is 0 Å². The van der Waals surface area contributed by atoms with Crippen molar-refractivity contribution in [1.82, 2.24) is 0 Å². The van der Waals surface area contributed by atoms with E-state index >= 15 is 0 Å². The molecule has 0 bridgehead atoms. The number of phenols is 1. The van der Waals surface area contributed by atoms with Crippen LogP contribution >= 0.6 is 0 Å². The van der Waals surface area contributed by atoms with Gasteiger partial charge in [0.1, 0.15) is 24.2 Å². The van der Waals surface area contributed by atoms with Crippen LogP contribution in [0.2, 0.25) is 0 Å². The smallest absolute Gasteiger partial charge is 0.123 e. The summed E-state index contributed by atoms with van der Waals surface area (Å²) in [5.41, 5.74) is 2.74. The Kier molecular flexibility index (Phi) is 2.57. The molecular formula is C12H16O3. The SMILES string of the molecule is Cc1cc(OC[C@@H]2CO2)c(C)c(C)c1O. The van der Waals surface area contributed by atoms with Crippen molar-refractivity contribution in [3.63, 3.8) is 0 Å². The van der Waals surface area contributed by atoms with E-state index in [1.807, 2.05) is 26.8 Å². The van der Waals surface area contributed by atoms with Gasteiger partial charge in [-0.2, -0.15) is 0 Å². The predicted octanol–water partition coefficient (Wildman–Crippen LogP) is 2.10. The molecule has 0 spiro atoms. The summed E-state index contributed by atoms with van der Waals surface area (Å²) < 4.78 is 10.7. The molecule has 1 aromatic carbocycles. The molecule has 0 unspecified atom stereocenters. The van der Waals surface area contributed by atoms with Crippen molar-refractivity contribution in [3.05, 3.63) is 22.8 Å². The fourth-order valence-electron chi connectivity index (χ4n) is 1.53. The van der Waals surface area contributed by atoms with Crippen molar-refractivity contribution in [2.24, 2.45) is 0 Å². The van der Waals surface area contributed by atoms with E-state index in [1.54, 1.807) is 0 Å². The highest BCUT2D eigenvalue weighted by Crippen LogP contribution is 2.32. The van der Waals surface area contributed by atoms with Gasteiger partial charge in [0, 0.05) is 0 Å². The van der Waals surface area contributed by atoms with E-state index in [0.717, 1.165) is 29.0 Å². The summed E-state index contributed by atoms with van der Waals surface area (Å²) in [5.74, 6) is 1.21. The van der Waals surface area contributed by atoms with Gasteiger partial charge in [0.25, 0.3) is 0 Å². The standard InChI is InChI=1S/C12H16O3/c1-7-4-11(15-6-10-5-14-10)8(2)9(3)12(7)13/h4,10,13H,5-6H2,1-3H3/t10-/m0/s1. The third-order valence-electron chi connectivity index (χ3n) is 2.84. The fraction of sp³-hybridized carbons (Fsp3) is 0.500. The molecule has 1 saturated heterocycles. The maximum Gasteiger partial charge on any atom is 0.123 e. The molecule has 0 aliphatic carbocycles. The number of rotatable bonds is 3. The maximum absolute atomic E-state index is 9.72. The molecule has 1 fully saturated rings. The van der Waals surface area contributed by atoms with Crippen molar-refractivity contribution in [2.75, 3.05) is 13.2 Å². The van der Waals surface area contributed by atoms with Crippen LogP contribution in [0.4, 0.5) is 0 Å². The van der Waals surface area contributed by atoms with Gasteiger partial charge in [-0.25, -0.2) is 0 Å². The molecule has 3 heteroatoms. The summed E-state index contributed by atoms with van der Waals surface area (Å²) in [4.78, 5) is 0. The molecule has 0 aromatic heterocycles.